The van der Waals surface area contributed by atoms with Gasteiger partial charge in [-0.05, 0) is 55.5 Å². The Balaban J connectivity index is 1.65. The Labute approximate surface area is 160 Å². The van der Waals surface area contributed by atoms with Crippen LogP contribution in [0, 0.1) is 5.92 Å². The van der Waals surface area contributed by atoms with Gasteiger partial charge in [0.25, 0.3) is 11.5 Å². The average molecular weight is 368 g/mol. The van der Waals surface area contributed by atoms with Crippen molar-refractivity contribution in [2.45, 2.75) is 46.1 Å². The van der Waals surface area contributed by atoms with Gasteiger partial charge in [0.1, 0.15) is 5.69 Å². The molecule has 6 heteroatoms. The van der Waals surface area contributed by atoms with Crippen molar-refractivity contribution < 1.29 is 4.79 Å². The molecule has 0 radical (unpaired) electrons. The molecule has 6 nitrogen and oxygen atoms in total. The molecular weight excluding hydrogens is 340 g/mol. The summed E-state index contributed by atoms with van der Waals surface area (Å²) in [5.74, 6) is 0.493. The van der Waals surface area contributed by atoms with E-state index in [1.54, 1.807) is 0 Å². The minimum Gasteiger partial charge on any atom is -0.372 e. The fraction of sp³-hybridized carbons (Fsp3) is 0.476. The summed E-state index contributed by atoms with van der Waals surface area (Å²) in [5.41, 5.74) is 1.98. The molecule has 2 heterocycles. The Morgan fingerprint density at radius 3 is 2.52 bits per heavy atom. The maximum Gasteiger partial charge on any atom is 0.276 e. The van der Waals surface area contributed by atoms with Crippen LogP contribution in [0.15, 0.2) is 41.2 Å². The summed E-state index contributed by atoms with van der Waals surface area (Å²) < 4.78 is 1.36. The van der Waals surface area contributed by atoms with Gasteiger partial charge in [-0.3, -0.25) is 9.59 Å². The number of hydrogen-bond donors (Lipinski definition) is 1. The Morgan fingerprint density at radius 2 is 1.85 bits per heavy atom. The predicted molar refractivity (Wildman–Crippen MR) is 108 cm³/mol. The number of aryl methyl sites for hydroxylation is 1. The number of carbonyl (C=O) groups excluding carboxylic acids is 1. The molecule has 144 valence electrons. The fourth-order valence-corrected chi connectivity index (χ4v) is 3.26. The summed E-state index contributed by atoms with van der Waals surface area (Å²) in [4.78, 5) is 26.7. The van der Waals surface area contributed by atoms with Gasteiger partial charge >= 0.3 is 0 Å². The second-order valence-corrected chi connectivity index (χ2v) is 7.30. The molecule has 0 unspecified atom stereocenters. The summed E-state index contributed by atoms with van der Waals surface area (Å²) in [6.07, 6.45) is 4.26. The van der Waals surface area contributed by atoms with Gasteiger partial charge in [0.15, 0.2) is 0 Å². The molecule has 2 aromatic rings. The van der Waals surface area contributed by atoms with Crippen LogP contribution in [0.3, 0.4) is 0 Å². The van der Waals surface area contributed by atoms with Crippen molar-refractivity contribution in [1.29, 1.82) is 0 Å². The third-order valence-corrected chi connectivity index (χ3v) is 5.10. The second kappa shape index (κ2) is 8.84. The number of carbonyl (C=O) groups is 1. The van der Waals surface area contributed by atoms with Gasteiger partial charge in [-0.15, -0.1) is 0 Å². The Bertz CT molecular complexity index is 821. The zero-order chi connectivity index (χ0) is 19.2. The number of rotatable bonds is 6. The number of unbranched alkanes of at least 4 members (excludes halogenated alkanes) is 1. The fourth-order valence-electron chi connectivity index (χ4n) is 3.26. The van der Waals surface area contributed by atoms with Gasteiger partial charge in [-0.25, -0.2) is 4.68 Å². The first kappa shape index (κ1) is 19.1. The third kappa shape index (κ3) is 4.96. The molecule has 0 spiro atoms. The lowest BCUT2D eigenvalue weighted by Crippen LogP contribution is -2.32. The minimum atomic E-state index is -0.306. The summed E-state index contributed by atoms with van der Waals surface area (Å²) in [6.45, 7) is 7.04. The molecule has 0 aliphatic carbocycles. The lowest BCUT2D eigenvalue weighted by Gasteiger charge is -2.32. The van der Waals surface area contributed by atoms with E-state index in [2.05, 4.69) is 29.2 Å². The van der Waals surface area contributed by atoms with Crippen LogP contribution in [-0.4, -0.2) is 28.8 Å². The number of hydrogen-bond acceptors (Lipinski definition) is 4. The van der Waals surface area contributed by atoms with E-state index in [0.29, 0.717) is 6.54 Å². The predicted octanol–water partition coefficient (Wildman–Crippen LogP) is 3.53. The molecule has 1 aromatic heterocycles. The van der Waals surface area contributed by atoms with E-state index in [0.717, 1.165) is 37.5 Å². The first-order chi connectivity index (χ1) is 13.1. The number of aromatic nitrogens is 2. The van der Waals surface area contributed by atoms with Crippen LogP contribution in [-0.2, 0) is 6.54 Å². The zero-order valence-corrected chi connectivity index (χ0v) is 16.1. The lowest BCUT2D eigenvalue weighted by atomic mass is 9.99. The van der Waals surface area contributed by atoms with Gasteiger partial charge in [0, 0.05) is 37.1 Å². The van der Waals surface area contributed by atoms with E-state index in [1.807, 2.05) is 24.3 Å². The van der Waals surface area contributed by atoms with Crippen LogP contribution in [0.1, 0.15) is 50.0 Å². The van der Waals surface area contributed by atoms with Crippen LogP contribution in [0.5, 0.6) is 0 Å². The molecule has 27 heavy (non-hydrogen) atoms. The lowest BCUT2D eigenvalue weighted by molar-refractivity contribution is 0.101. The Morgan fingerprint density at radius 1 is 1.15 bits per heavy atom. The highest BCUT2D eigenvalue weighted by Crippen LogP contribution is 2.24. The number of nitrogens with one attached hydrogen (secondary N) is 1. The maximum absolute atomic E-state index is 12.5. The van der Waals surface area contributed by atoms with Gasteiger partial charge in [0.2, 0.25) is 0 Å². The zero-order valence-electron chi connectivity index (χ0n) is 16.1. The number of amides is 1. The summed E-state index contributed by atoms with van der Waals surface area (Å²) >= 11 is 0. The second-order valence-electron chi connectivity index (χ2n) is 7.30. The van der Waals surface area contributed by atoms with Crippen LogP contribution >= 0.6 is 0 Å². The molecule has 3 rings (SSSR count). The molecule has 1 aliphatic rings. The molecule has 1 aliphatic heterocycles. The van der Waals surface area contributed by atoms with Gasteiger partial charge in [0.05, 0.1) is 0 Å². The number of anilines is 2. The standard InChI is InChI=1S/C21H28N4O2/c1-3-4-13-25-20(26)10-9-19(23-25)21(27)22-17-5-7-18(8-6-17)24-14-11-16(2)12-15-24/h5-10,16H,3-4,11-15H2,1-2H3,(H,22,27). The van der Waals surface area contributed by atoms with Crippen LogP contribution < -0.4 is 15.8 Å². The summed E-state index contributed by atoms with van der Waals surface area (Å²) in [6, 6.07) is 10.8. The van der Waals surface area contributed by atoms with Crippen molar-refractivity contribution in [2.24, 2.45) is 5.92 Å². The molecule has 0 bridgehead atoms. The number of piperidine rings is 1. The first-order valence-corrected chi connectivity index (χ1v) is 9.81. The van der Waals surface area contributed by atoms with E-state index in [1.165, 1.54) is 35.3 Å². The SMILES string of the molecule is CCCCn1nc(C(=O)Nc2ccc(N3CCC(C)CC3)cc2)ccc1=O. The molecule has 1 amide bonds. The van der Waals surface area contributed by atoms with Crippen molar-refractivity contribution in [1.82, 2.24) is 9.78 Å². The normalized spacial score (nSPS) is 15.0. The van der Waals surface area contributed by atoms with Gasteiger partial charge < -0.3 is 10.2 Å². The average Bonchev–Trinajstić information content (AvgIpc) is 2.68. The number of benzene rings is 1. The monoisotopic (exact) mass is 368 g/mol. The molecule has 1 fully saturated rings. The summed E-state index contributed by atoms with van der Waals surface area (Å²) in [7, 11) is 0. The van der Waals surface area contributed by atoms with E-state index in [9.17, 15) is 9.59 Å². The van der Waals surface area contributed by atoms with Crippen molar-refractivity contribution >= 4 is 17.3 Å². The molecule has 1 N–H and O–H groups in total. The van der Waals surface area contributed by atoms with Crippen molar-refractivity contribution in [3.8, 4) is 0 Å². The van der Waals surface area contributed by atoms with Gasteiger partial charge in [-0.1, -0.05) is 20.3 Å². The van der Waals surface area contributed by atoms with Crippen molar-refractivity contribution in [3.05, 3.63) is 52.4 Å². The van der Waals surface area contributed by atoms with Crippen LogP contribution in [0.25, 0.3) is 0 Å². The summed E-state index contributed by atoms with van der Waals surface area (Å²) in [5, 5.41) is 7.05. The highest BCUT2D eigenvalue weighted by molar-refractivity contribution is 6.02. The first-order valence-electron chi connectivity index (χ1n) is 9.81. The highest BCUT2D eigenvalue weighted by Gasteiger charge is 2.16. The molecule has 0 atom stereocenters. The number of nitrogens with zero attached hydrogens (tertiary/aromatic N) is 3. The van der Waals surface area contributed by atoms with E-state index < -0.39 is 0 Å². The minimum absolute atomic E-state index is 0.180. The molecule has 1 aromatic carbocycles. The maximum atomic E-state index is 12.5. The molecule has 0 saturated carbocycles. The Kier molecular flexibility index (Phi) is 6.27. The Hall–Kier alpha value is -2.63. The van der Waals surface area contributed by atoms with Crippen LogP contribution in [0.2, 0.25) is 0 Å². The molecule has 1 saturated heterocycles. The highest BCUT2D eigenvalue weighted by atomic mass is 16.2. The van der Waals surface area contributed by atoms with Crippen molar-refractivity contribution in [2.75, 3.05) is 23.3 Å². The quantitative estimate of drug-likeness (QED) is 0.847. The van der Waals surface area contributed by atoms with Gasteiger partial charge in [-0.2, -0.15) is 5.10 Å². The molecular formula is C21H28N4O2. The van der Waals surface area contributed by atoms with E-state index >= 15 is 0 Å². The topological polar surface area (TPSA) is 67.2 Å². The van der Waals surface area contributed by atoms with Crippen LogP contribution in [0.4, 0.5) is 11.4 Å². The smallest absolute Gasteiger partial charge is 0.276 e. The third-order valence-electron chi connectivity index (χ3n) is 5.10. The van der Waals surface area contributed by atoms with E-state index in [-0.39, 0.29) is 17.2 Å². The largest absolute Gasteiger partial charge is 0.372 e. The van der Waals surface area contributed by atoms with Crippen molar-refractivity contribution in [3.63, 3.8) is 0 Å². The van der Waals surface area contributed by atoms with E-state index in [4.69, 9.17) is 0 Å².